The highest BCUT2D eigenvalue weighted by molar-refractivity contribution is 7.98. The van der Waals surface area contributed by atoms with E-state index in [1.807, 2.05) is 42.5 Å². The number of thiazole rings is 1. The molecule has 0 fully saturated rings. The van der Waals surface area contributed by atoms with E-state index in [1.54, 1.807) is 30.2 Å². The lowest BCUT2D eigenvalue weighted by molar-refractivity contribution is 0.399. The number of halogens is 1. The van der Waals surface area contributed by atoms with Crippen molar-refractivity contribution in [1.29, 1.82) is 0 Å². The van der Waals surface area contributed by atoms with Crippen molar-refractivity contribution >= 4 is 34.7 Å². The number of aromatic nitrogens is 5. The molecule has 0 saturated heterocycles. The first-order valence-corrected chi connectivity index (χ1v) is 11.2. The van der Waals surface area contributed by atoms with Gasteiger partial charge in [-0.2, -0.15) is 4.68 Å². The fraction of sp³-hybridized carbons (Fsp3) is 0.200. The number of methoxy groups -OCH3 is 2. The maximum Gasteiger partial charge on any atom is 0.214 e. The van der Waals surface area contributed by atoms with Gasteiger partial charge in [0.2, 0.25) is 5.16 Å². The number of hydrogen-bond donors (Lipinski definition) is 0. The molecule has 0 spiro atoms. The van der Waals surface area contributed by atoms with Crippen molar-refractivity contribution in [3.63, 3.8) is 0 Å². The highest BCUT2D eigenvalue weighted by atomic mass is 35.5. The van der Waals surface area contributed by atoms with Crippen LogP contribution in [0.15, 0.2) is 53.0 Å². The smallest absolute Gasteiger partial charge is 0.214 e. The van der Waals surface area contributed by atoms with Crippen molar-refractivity contribution in [2.45, 2.75) is 17.3 Å². The highest BCUT2D eigenvalue weighted by Gasteiger charge is 2.15. The van der Waals surface area contributed by atoms with Crippen molar-refractivity contribution in [3.05, 3.63) is 69.1 Å². The van der Waals surface area contributed by atoms with Gasteiger partial charge in [0, 0.05) is 28.6 Å². The molecular formula is C20H18ClN5O2S2. The zero-order chi connectivity index (χ0) is 20.9. The molecule has 0 aliphatic rings. The van der Waals surface area contributed by atoms with Gasteiger partial charge in [0.25, 0.3) is 0 Å². The van der Waals surface area contributed by atoms with Crippen LogP contribution in [0.4, 0.5) is 0 Å². The fourth-order valence-electron chi connectivity index (χ4n) is 2.79. The molecule has 0 bridgehead atoms. The molecule has 7 nitrogen and oxygen atoms in total. The van der Waals surface area contributed by atoms with E-state index in [0.29, 0.717) is 28.1 Å². The lowest BCUT2D eigenvalue weighted by Gasteiger charge is -2.10. The molecule has 30 heavy (non-hydrogen) atoms. The van der Waals surface area contributed by atoms with Gasteiger partial charge >= 0.3 is 0 Å². The minimum absolute atomic E-state index is 0.647. The Kier molecular flexibility index (Phi) is 6.51. The van der Waals surface area contributed by atoms with Crippen LogP contribution in [0.3, 0.4) is 0 Å². The van der Waals surface area contributed by atoms with Gasteiger partial charge in [0.05, 0.1) is 24.9 Å². The quantitative estimate of drug-likeness (QED) is 0.354. The summed E-state index contributed by atoms with van der Waals surface area (Å²) in [6.07, 6.45) is 0.783. The maximum atomic E-state index is 5.95. The molecule has 2 aromatic carbocycles. The average molecular weight is 460 g/mol. The van der Waals surface area contributed by atoms with E-state index in [2.05, 4.69) is 20.9 Å². The van der Waals surface area contributed by atoms with Gasteiger partial charge in [0.1, 0.15) is 17.2 Å². The lowest BCUT2D eigenvalue weighted by atomic mass is 10.2. The highest BCUT2D eigenvalue weighted by Crippen LogP contribution is 2.31. The molecule has 0 radical (unpaired) electrons. The Hall–Kier alpha value is -2.62. The van der Waals surface area contributed by atoms with Gasteiger partial charge in [-0.05, 0) is 40.3 Å². The monoisotopic (exact) mass is 459 g/mol. The summed E-state index contributed by atoms with van der Waals surface area (Å²) in [5.41, 5.74) is 2.88. The predicted molar refractivity (Wildman–Crippen MR) is 118 cm³/mol. The molecule has 0 atom stereocenters. The van der Waals surface area contributed by atoms with Crippen LogP contribution in [0.5, 0.6) is 11.5 Å². The minimum Gasteiger partial charge on any atom is -0.497 e. The van der Waals surface area contributed by atoms with E-state index in [-0.39, 0.29) is 0 Å². The molecule has 10 heteroatoms. The largest absolute Gasteiger partial charge is 0.497 e. The van der Waals surface area contributed by atoms with Crippen molar-refractivity contribution < 1.29 is 9.47 Å². The second kappa shape index (κ2) is 9.46. The first kappa shape index (κ1) is 20.6. The molecule has 0 saturated carbocycles. The molecule has 0 unspecified atom stereocenters. The third-order valence-electron chi connectivity index (χ3n) is 4.27. The number of rotatable bonds is 8. The van der Waals surface area contributed by atoms with Crippen LogP contribution in [0.2, 0.25) is 5.02 Å². The molecule has 0 amide bonds. The molecule has 0 aliphatic heterocycles. The number of thioether (sulfide) groups is 1. The molecule has 154 valence electrons. The normalized spacial score (nSPS) is 10.9. The van der Waals surface area contributed by atoms with E-state index in [4.69, 9.17) is 26.1 Å². The number of hydrogen-bond acceptors (Lipinski definition) is 8. The Morgan fingerprint density at radius 2 is 1.93 bits per heavy atom. The van der Waals surface area contributed by atoms with E-state index >= 15 is 0 Å². The number of nitrogens with zero attached hydrogens (tertiary/aromatic N) is 5. The molecule has 2 heterocycles. The Balaban J connectivity index is 1.47. The van der Waals surface area contributed by atoms with Crippen LogP contribution < -0.4 is 9.47 Å². The Morgan fingerprint density at radius 3 is 2.70 bits per heavy atom. The summed E-state index contributed by atoms with van der Waals surface area (Å²) < 4.78 is 12.4. The zero-order valence-corrected chi connectivity index (χ0v) is 18.7. The molecule has 0 aliphatic carbocycles. The second-order valence-electron chi connectivity index (χ2n) is 6.24. The second-order valence-corrected chi connectivity index (χ2v) is 8.56. The number of ether oxygens (including phenoxy) is 2. The molecule has 4 aromatic rings. The number of tetrazole rings is 1. The minimum atomic E-state index is 0.647. The van der Waals surface area contributed by atoms with Gasteiger partial charge in [-0.15, -0.1) is 16.4 Å². The van der Waals surface area contributed by atoms with Crippen LogP contribution in [-0.2, 0) is 12.2 Å². The van der Waals surface area contributed by atoms with Gasteiger partial charge in [-0.3, -0.25) is 0 Å². The van der Waals surface area contributed by atoms with Crippen LogP contribution >= 0.6 is 34.7 Å². The van der Waals surface area contributed by atoms with E-state index in [0.717, 1.165) is 22.1 Å². The summed E-state index contributed by atoms with van der Waals surface area (Å²) in [7, 11) is 3.23. The van der Waals surface area contributed by atoms with E-state index in [9.17, 15) is 0 Å². The van der Waals surface area contributed by atoms with Crippen LogP contribution in [0.25, 0.3) is 5.69 Å². The summed E-state index contributed by atoms with van der Waals surface area (Å²) in [5.74, 6) is 2.01. The van der Waals surface area contributed by atoms with Crippen LogP contribution in [0, 0.1) is 0 Å². The number of benzene rings is 2. The van der Waals surface area contributed by atoms with E-state index < -0.39 is 0 Å². The van der Waals surface area contributed by atoms with Crippen LogP contribution in [0.1, 0.15) is 16.3 Å². The van der Waals surface area contributed by atoms with Gasteiger partial charge in [-0.25, -0.2) is 4.98 Å². The summed E-state index contributed by atoms with van der Waals surface area (Å²) in [6.45, 7) is 0. The third-order valence-corrected chi connectivity index (χ3v) is 6.37. The summed E-state index contributed by atoms with van der Waals surface area (Å²) in [5, 5.41) is 16.6. The van der Waals surface area contributed by atoms with Gasteiger partial charge in [0.15, 0.2) is 0 Å². The summed E-state index contributed by atoms with van der Waals surface area (Å²) >= 11 is 9.11. The average Bonchev–Trinajstić information content (AvgIpc) is 3.42. The SMILES string of the molecule is COc1ccc(OC)c(-n2nnnc2SCc2csc(Cc3ccc(Cl)cc3)n2)c1. The summed E-state index contributed by atoms with van der Waals surface area (Å²) in [4.78, 5) is 4.73. The van der Waals surface area contributed by atoms with Crippen LogP contribution in [-0.4, -0.2) is 39.4 Å². The molecule has 0 N–H and O–H groups in total. The lowest BCUT2D eigenvalue weighted by Crippen LogP contribution is -2.02. The van der Waals surface area contributed by atoms with Gasteiger partial charge in [-0.1, -0.05) is 35.5 Å². The molecule has 4 rings (SSSR count). The van der Waals surface area contributed by atoms with Gasteiger partial charge < -0.3 is 9.47 Å². The standard InChI is InChI=1S/C20H18ClN5O2S2/c1-27-16-7-8-18(28-2)17(10-16)26-20(23-24-25-26)30-12-15-11-29-19(22-15)9-13-3-5-14(21)6-4-13/h3-8,10-11H,9,12H2,1-2H3. The van der Waals surface area contributed by atoms with Crippen molar-refractivity contribution in [2.24, 2.45) is 0 Å². The molecular weight excluding hydrogens is 442 g/mol. The fourth-order valence-corrected chi connectivity index (χ4v) is 4.63. The first-order chi connectivity index (χ1) is 14.7. The topological polar surface area (TPSA) is 75.0 Å². The third kappa shape index (κ3) is 4.75. The predicted octanol–water partition coefficient (Wildman–Crippen LogP) is 4.67. The van der Waals surface area contributed by atoms with E-state index in [1.165, 1.54) is 17.3 Å². The Labute approximate surface area is 187 Å². The van der Waals surface area contributed by atoms with Crippen molar-refractivity contribution in [1.82, 2.24) is 25.2 Å². The Bertz CT molecular complexity index is 1130. The maximum absolute atomic E-state index is 5.95. The summed E-state index contributed by atoms with van der Waals surface area (Å²) in [6, 6.07) is 13.3. The zero-order valence-electron chi connectivity index (χ0n) is 16.3. The Morgan fingerprint density at radius 1 is 1.10 bits per heavy atom. The van der Waals surface area contributed by atoms with Crippen molar-refractivity contribution in [3.8, 4) is 17.2 Å². The molecule has 2 aromatic heterocycles. The first-order valence-electron chi connectivity index (χ1n) is 8.97. The van der Waals surface area contributed by atoms with Crippen molar-refractivity contribution in [2.75, 3.05) is 14.2 Å².